The maximum Gasteiger partial charge on any atom is 0.250 e. The Bertz CT molecular complexity index is 596. The molecule has 1 N–H and O–H groups in total. The van der Waals surface area contributed by atoms with Crippen LogP contribution >= 0.6 is 11.3 Å². The molecule has 0 aromatic carbocycles. The van der Waals surface area contributed by atoms with Crippen LogP contribution in [0.25, 0.3) is 0 Å². The number of nitrogens with one attached hydrogen (secondary N) is 1. The van der Waals surface area contributed by atoms with E-state index in [0.29, 0.717) is 4.88 Å². The van der Waals surface area contributed by atoms with E-state index < -0.39 is 10.0 Å². The molecule has 0 spiro atoms. The van der Waals surface area contributed by atoms with Crippen molar-refractivity contribution in [2.24, 2.45) is 5.41 Å². The Morgan fingerprint density at radius 2 is 2.21 bits per heavy atom. The maximum absolute atomic E-state index is 12.2. The van der Waals surface area contributed by atoms with Gasteiger partial charge in [0.05, 0.1) is 0 Å². The summed E-state index contributed by atoms with van der Waals surface area (Å²) in [5, 5.41) is 8.75. The van der Waals surface area contributed by atoms with Gasteiger partial charge in [-0.1, -0.05) is 20.3 Å². The van der Waals surface area contributed by atoms with Crippen LogP contribution in [0.3, 0.4) is 0 Å². The van der Waals surface area contributed by atoms with Gasteiger partial charge in [-0.2, -0.15) is 5.26 Å². The summed E-state index contributed by atoms with van der Waals surface area (Å²) in [6.07, 6.45) is 3.94. The van der Waals surface area contributed by atoms with Gasteiger partial charge in [0.15, 0.2) is 0 Å². The Morgan fingerprint density at radius 3 is 2.79 bits per heavy atom. The van der Waals surface area contributed by atoms with Gasteiger partial charge in [-0.25, -0.2) is 13.1 Å². The van der Waals surface area contributed by atoms with Crippen LogP contribution in [0.1, 0.15) is 44.4 Å². The molecule has 1 fully saturated rings. The Morgan fingerprint density at radius 1 is 1.47 bits per heavy atom. The summed E-state index contributed by atoms with van der Waals surface area (Å²) in [5.74, 6) is 0. The van der Waals surface area contributed by atoms with Gasteiger partial charge in [-0.05, 0) is 36.8 Å². The second-order valence-electron chi connectivity index (χ2n) is 5.81. The smallest absolute Gasteiger partial charge is 0.207 e. The lowest BCUT2D eigenvalue weighted by molar-refractivity contribution is 0.212. The van der Waals surface area contributed by atoms with Gasteiger partial charge in [0.1, 0.15) is 15.2 Å². The number of nitriles is 1. The monoisotopic (exact) mass is 298 g/mol. The van der Waals surface area contributed by atoms with Gasteiger partial charge in [-0.15, -0.1) is 11.3 Å². The highest BCUT2D eigenvalue weighted by atomic mass is 32.2. The number of hydrogen-bond acceptors (Lipinski definition) is 4. The van der Waals surface area contributed by atoms with Gasteiger partial charge < -0.3 is 0 Å². The van der Waals surface area contributed by atoms with Gasteiger partial charge in [0.2, 0.25) is 10.0 Å². The van der Waals surface area contributed by atoms with E-state index in [1.165, 1.54) is 6.07 Å². The minimum Gasteiger partial charge on any atom is -0.207 e. The molecule has 0 aliphatic heterocycles. The summed E-state index contributed by atoms with van der Waals surface area (Å²) in [6.45, 7) is 4.35. The van der Waals surface area contributed by atoms with E-state index in [9.17, 15) is 8.42 Å². The molecule has 1 unspecified atom stereocenters. The molecule has 1 aliphatic carbocycles. The number of rotatable bonds is 3. The van der Waals surface area contributed by atoms with Crippen molar-refractivity contribution in [3.05, 3.63) is 17.0 Å². The SMILES string of the molecule is CC1(C)CCCC(NS(=O)(=O)c2ccc(C#N)s2)C1. The van der Waals surface area contributed by atoms with Crippen molar-refractivity contribution >= 4 is 21.4 Å². The van der Waals surface area contributed by atoms with Crippen molar-refractivity contribution in [2.75, 3.05) is 0 Å². The molecule has 1 saturated carbocycles. The zero-order valence-electron chi connectivity index (χ0n) is 11.1. The molecule has 6 heteroatoms. The lowest BCUT2D eigenvalue weighted by atomic mass is 9.75. The van der Waals surface area contributed by atoms with Crippen molar-refractivity contribution < 1.29 is 8.42 Å². The van der Waals surface area contributed by atoms with Gasteiger partial charge in [0, 0.05) is 6.04 Å². The zero-order valence-corrected chi connectivity index (χ0v) is 12.8. The molecule has 0 bridgehead atoms. The Hall–Kier alpha value is -0.900. The first-order valence-electron chi connectivity index (χ1n) is 6.35. The molecule has 1 aromatic heterocycles. The lowest BCUT2D eigenvalue weighted by Gasteiger charge is -2.35. The molecule has 2 rings (SSSR count). The summed E-state index contributed by atoms with van der Waals surface area (Å²) < 4.78 is 27.5. The first-order valence-corrected chi connectivity index (χ1v) is 8.65. The molecule has 1 heterocycles. The van der Waals surface area contributed by atoms with Gasteiger partial charge in [0.25, 0.3) is 0 Å². The minimum absolute atomic E-state index is 0.00128. The van der Waals surface area contributed by atoms with Crippen molar-refractivity contribution in [1.82, 2.24) is 4.72 Å². The van der Waals surface area contributed by atoms with Crippen LogP contribution in [0, 0.1) is 16.7 Å². The van der Waals surface area contributed by atoms with Crippen molar-refractivity contribution in [2.45, 2.75) is 49.8 Å². The molecule has 19 heavy (non-hydrogen) atoms. The Kier molecular flexibility index (Phi) is 4.00. The van der Waals surface area contributed by atoms with E-state index in [4.69, 9.17) is 5.26 Å². The summed E-state index contributed by atoms with van der Waals surface area (Å²) in [5.41, 5.74) is 0.193. The summed E-state index contributed by atoms with van der Waals surface area (Å²) in [4.78, 5) is 0.421. The van der Waals surface area contributed by atoms with Gasteiger partial charge >= 0.3 is 0 Å². The van der Waals surface area contributed by atoms with E-state index in [1.54, 1.807) is 6.07 Å². The van der Waals surface area contributed by atoms with Crippen molar-refractivity contribution in [3.8, 4) is 6.07 Å². The predicted molar refractivity (Wildman–Crippen MR) is 75.4 cm³/mol. The van der Waals surface area contributed by atoms with Crippen LogP contribution in [0.4, 0.5) is 0 Å². The Balaban J connectivity index is 2.11. The quantitative estimate of drug-likeness (QED) is 0.932. The third-order valence-electron chi connectivity index (χ3n) is 3.48. The van der Waals surface area contributed by atoms with E-state index >= 15 is 0 Å². The van der Waals surface area contributed by atoms with Crippen molar-refractivity contribution in [1.29, 1.82) is 5.26 Å². The third kappa shape index (κ3) is 3.56. The van der Waals surface area contributed by atoms with Crippen LogP contribution in [-0.4, -0.2) is 14.5 Å². The average Bonchev–Trinajstić information content (AvgIpc) is 2.76. The second kappa shape index (κ2) is 5.23. The number of nitrogens with zero attached hydrogens (tertiary/aromatic N) is 1. The van der Waals surface area contributed by atoms with Crippen LogP contribution in [0.5, 0.6) is 0 Å². The highest BCUT2D eigenvalue weighted by Crippen LogP contribution is 2.35. The third-order valence-corrected chi connectivity index (χ3v) is 6.49. The maximum atomic E-state index is 12.2. The van der Waals surface area contributed by atoms with Crippen LogP contribution < -0.4 is 4.72 Å². The first-order chi connectivity index (χ1) is 8.82. The van der Waals surface area contributed by atoms with Crippen LogP contribution in [0.2, 0.25) is 0 Å². The highest BCUT2D eigenvalue weighted by Gasteiger charge is 2.31. The topological polar surface area (TPSA) is 70.0 Å². The zero-order chi connectivity index (χ0) is 14.1. The number of sulfonamides is 1. The van der Waals surface area contributed by atoms with E-state index in [-0.39, 0.29) is 15.7 Å². The number of thiophene rings is 1. The summed E-state index contributed by atoms with van der Waals surface area (Å²) in [7, 11) is -3.48. The molecule has 1 aromatic rings. The van der Waals surface area contributed by atoms with E-state index in [0.717, 1.165) is 37.0 Å². The predicted octanol–water partition coefficient (Wildman–Crippen LogP) is 2.87. The minimum atomic E-state index is -3.48. The molecule has 0 amide bonds. The number of hydrogen-bond donors (Lipinski definition) is 1. The molecular formula is C13H18N2O2S2. The molecule has 0 saturated heterocycles. The molecule has 4 nitrogen and oxygen atoms in total. The molecule has 104 valence electrons. The molecule has 0 radical (unpaired) electrons. The van der Waals surface area contributed by atoms with Gasteiger partial charge in [-0.3, -0.25) is 0 Å². The second-order valence-corrected chi connectivity index (χ2v) is 8.83. The normalized spacial score (nSPS) is 22.9. The fourth-order valence-electron chi connectivity index (χ4n) is 2.60. The summed E-state index contributed by atoms with van der Waals surface area (Å²) >= 11 is 1.02. The molecular weight excluding hydrogens is 280 g/mol. The standard InChI is InChI=1S/C13H18N2O2S2/c1-13(2)7-3-4-10(8-13)15-19(16,17)12-6-5-11(9-14)18-12/h5-6,10,15H,3-4,7-8H2,1-2H3. The fourth-order valence-corrected chi connectivity index (χ4v) is 4.99. The highest BCUT2D eigenvalue weighted by molar-refractivity contribution is 7.91. The average molecular weight is 298 g/mol. The largest absolute Gasteiger partial charge is 0.250 e. The molecule has 1 atom stereocenters. The first kappa shape index (κ1) is 14.5. The van der Waals surface area contributed by atoms with Crippen molar-refractivity contribution in [3.63, 3.8) is 0 Å². The van der Waals surface area contributed by atoms with E-state index in [1.807, 2.05) is 6.07 Å². The Labute approximate surface area is 118 Å². The summed E-state index contributed by atoms with van der Waals surface area (Å²) in [6, 6.07) is 5.01. The van der Waals surface area contributed by atoms with Crippen LogP contribution in [-0.2, 0) is 10.0 Å². The van der Waals surface area contributed by atoms with Crippen LogP contribution in [0.15, 0.2) is 16.3 Å². The van der Waals surface area contributed by atoms with E-state index in [2.05, 4.69) is 18.6 Å². The molecule has 1 aliphatic rings. The lowest BCUT2D eigenvalue weighted by Crippen LogP contribution is -2.40. The fraction of sp³-hybridized carbons (Fsp3) is 0.615.